The fraction of sp³-hybridized carbons (Fsp3) is 0.923. The molecule has 100 valence electrons. The molecule has 1 heterocycles. The largest absolute Gasteiger partial charge is 0.370 e. The standard InChI is InChI=1S/C13H26N2OS/c1-13(2,3)17-9-8-15-7-5-4-6-11(15)10-12(14)16/h11H,4-10H2,1-3H3,(H2,14,16)/t11-/m1/s1. The maximum Gasteiger partial charge on any atom is 0.218 e. The third-order valence-corrected chi connectivity index (χ3v) is 4.35. The van der Waals surface area contributed by atoms with Crippen LogP contribution in [-0.2, 0) is 4.79 Å². The molecule has 1 rings (SSSR count). The van der Waals surface area contributed by atoms with E-state index < -0.39 is 0 Å². The van der Waals surface area contributed by atoms with Crippen LogP contribution in [-0.4, -0.2) is 40.4 Å². The first-order valence-electron chi connectivity index (χ1n) is 6.55. The summed E-state index contributed by atoms with van der Waals surface area (Å²) in [6.45, 7) is 8.95. The molecular formula is C13H26N2OS. The lowest BCUT2D eigenvalue weighted by Gasteiger charge is -2.35. The van der Waals surface area contributed by atoms with Gasteiger partial charge in [-0.25, -0.2) is 0 Å². The summed E-state index contributed by atoms with van der Waals surface area (Å²) in [4.78, 5) is 13.5. The minimum absolute atomic E-state index is 0.162. The van der Waals surface area contributed by atoms with Gasteiger partial charge in [-0.15, -0.1) is 0 Å². The molecule has 1 saturated heterocycles. The zero-order valence-electron chi connectivity index (χ0n) is 11.4. The Bertz CT molecular complexity index is 250. The Kier molecular flexibility index (Phi) is 5.80. The van der Waals surface area contributed by atoms with Gasteiger partial charge in [-0.3, -0.25) is 9.69 Å². The van der Waals surface area contributed by atoms with Crippen LogP contribution in [0, 0.1) is 0 Å². The molecule has 4 heteroatoms. The number of hydrogen-bond acceptors (Lipinski definition) is 3. The quantitative estimate of drug-likeness (QED) is 0.822. The van der Waals surface area contributed by atoms with Crippen molar-refractivity contribution in [3.8, 4) is 0 Å². The zero-order valence-corrected chi connectivity index (χ0v) is 12.2. The normalized spacial score (nSPS) is 22.6. The Labute approximate surface area is 109 Å². The summed E-state index contributed by atoms with van der Waals surface area (Å²) in [5, 5.41) is 0. The maximum absolute atomic E-state index is 11.0. The van der Waals surface area contributed by atoms with Gasteiger partial charge in [0.25, 0.3) is 0 Å². The van der Waals surface area contributed by atoms with E-state index in [-0.39, 0.29) is 5.91 Å². The van der Waals surface area contributed by atoms with Crippen LogP contribution in [0.25, 0.3) is 0 Å². The predicted molar refractivity (Wildman–Crippen MR) is 75.2 cm³/mol. The molecule has 1 atom stereocenters. The van der Waals surface area contributed by atoms with Gasteiger partial charge in [0, 0.05) is 29.5 Å². The van der Waals surface area contributed by atoms with Crippen molar-refractivity contribution in [1.82, 2.24) is 4.90 Å². The molecular weight excluding hydrogens is 232 g/mol. The first kappa shape index (κ1) is 14.8. The van der Waals surface area contributed by atoms with Crippen LogP contribution >= 0.6 is 11.8 Å². The SMILES string of the molecule is CC(C)(C)SCCN1CCCC[C@@H]1CC(N)=O. The van der Waals surface area contributed by atoms with Crippen LogP contribution in [0.15, 0.2) is 0 Å². The van der Waals surface area contributed by atoms with Gasteiger partial charge in [-0.2, -0.15) is 11.8 Å². The van der Waals surface area contributed by atoms with E-state index in [0.29, 0.717) is 17.2 Å². The number of rotatable bonds is 5. The van der Waals surface area contributed by atoms with E-state index in [1.165, 1.54) is 12.8 Å². The van der Waals surface area contributed by atoms with Crippen molar-refractivity contribution >= 4 is 17.7 Å². The first-order valence-corrected chi connectivity index (χ1v) is 7.53. The van der Waals surface area contributed by atoms with E-state index in [1.807, 2.05) is 11.8 Å². The molecule has 3 nitrogen and oxygen atoms in total. The zero-order chi connectivity index (χ0) is 12.9. The Balaban J connectivity index is 2.35. The van der Waals surface area contributed by atoms with Crippen molar-refractivity contribution in [2.45, 2.75) is 57.2 Å². The number of hydrogen-bond donors (Lipinski definition) is 1. The summed E-state index contributed by atoms with van der Waals surface area (Å²) in [6, 6.07) is 0.391. The monoisotopic (exact) mass is 258 g/mol. The van der Waals surface area contributed by atoms with E-state index in [9.17, 15) is 4.79 Å². The van der Waals surface area contributed by atoms with Gasteiger partial charge in [0.1, 0.15) is 0 Å². The minimum atomic E-state index is -0.162. The molecule has 2 N–H and O–H groups in total. The average molecular weight is 258 g/mol. The van der Waals surface area contributed by atoms with Gasteiger partial charge in [-0.05, 0) is 19.4 Å². The Morgan fingerprint density at radius 2 is 2.12 bits per heavy atom. The van der Waals surface area contributed by atoms with Crippen molar-refractivity contribution in [1.29, 1.82) is 0 Å². The number of primary amides is 1. The second-order valence-electron chi connectivity index (χ2n) is 5.82. The molecule has 0 bridgehead atoms. The van der Waals surface area contributed by atoms with Crippen molar-refractivity contribution < 1.29 is 4.79 Å². The van der Waals surface area contributed by atoms with E-state index in [1.54, 1.807) is 0 Å². The highest BCUT2D eigenvalue weighted by Gasteiger charge is 2.23. The predicted octanol–water partition coefficient (Wildman–Crippen LogP) is 2.25. The molecule has 17 heavy (non-hydrogen) atoms. The summed E-state index contributed by atoms with van der Waals surface area (Å²) in [5.41, 5.74) is 5.31. The van der Waals surface area contributed by atoms with Gasteiger partial charge in [-0.1, -0.05) is 27.2 Å². The molecule has 0 aromatic rings. The highest BCUT2D eigenvalue weighted by atomic mass is 32.2. The molecule has 1 aliphatic rings. The third-order valence-electron chi connectivity index (χ3n) is 3.10. The lowest BCUT2D eigenvalue weighted by molar-refractivity contribution is -0.119. The molecule has 1 aliphatic heterocycles. The minimum Gasteiger partial charge on any atom is -0.370 e. The van der Waals surface area contributed by atoms with Crippen molar-refractivity contribution in [3.05, 3.63) is 0 Å². The van der Waals surface area contributed by atoms with Crippen molar-refractivity contribution in [2.75, 3.05) is 18.8 Å². The number of piperidine rings is 1. The van der Waals surface area contributed by atoms with Gasteiger partial charge in [0.2, 0.25) is 5.91 Å². The van der Waals surface area contributed by atoms with Crippen LogP contribution in [0.2, 0.25) is 0 Å². The molecule has 0 aliphatic carbocycles. The molecule has 0 unspecified atom stereocenters. The summed E-state index contributed by atoms with van der Waals surface area (Å²) in [5.74, 6) is 0.976. The summed E-state index contributed by atoms with van der Waals surface area (Å²) < 4.78 is 0.328. The maximum atomic E-state index is 11.0. The van der Waals surface area contributed by atoms with Crippen molar-refractivity contribution in [2.24, 2.45) is 5.73 Å². The topological polar surface area (TPSA) is 46.3 Å². The van der Waals surface area contributed by atoms with Crippen molar-refractivity contribution in [3.63, 3.8) is 0 Å². The molecule has 0 spiro atoms. The smallest absolute Gasteiger partial charge is 0.218 e. The lowest BCUT2D eigenvalue weighted by atomic mass is 9.99. The third kappa shape index (κ3) is 6.32. The fourth-order valence-corrected chi connectivity index (χ4v) is 3.23. The Morgan fingerprint density at radius 3 is 2.71 bits per heavy atom. The molecule has 0 aromatic carbocycles. The molecule has 0 saturated carbocycles. The number of likely N-dealkylation sites (tertiary alicyclic amines) is 1. The number of nitrogens with two attached hydrogens (primary N) is 1. The number of nitrogens with zero attached hydrogens (tertiary/aromatic N) is 1. The van der Waals surface area contributed by atoms with Crippen LogP contribution < -0.4 is 5.73 Å². The average Bonchev–Trinajstić information content (AvgIpc) is 2.18. The van der Waals surface area contributed by atoms with E-state index >= 15 is 0 Å². The second kappa shape index (κ2) is 6.64. The molecule has 0 aromatic heterocycles. The lowest BCUT2D eigenvalue weighted by Crippen LogP contribution is -2.43. The van der Waals surface area contributed by atoms with Gasteiger partial charge in [0.15, 0.2) is 0 Å². The summed E-state index contributed by atoms with van der Waals surface area (Å²) in [7, 11) is 0. The van der Waals surface area contributed by atoms with Gasteiger partial charge >= 0.3 is 0 Å². The van der Waals surface area contributed by atoms with E-state index in [4.69, 9.17) is 5.73 Å². The first-order chi connectivity index (χ1) is 7.88. The highest BCUT2D eigenvalue weighted by molar-refractivity contribution is 8.00. The number of carbonyl (C=O) groups excluding carboxylic acids is 1. The van der Waals surface area contributed by atoms with Crippen LogP contribution in [0.5, 0.6) is 0 Å². The van der Waals surface area contributed by atoms with E-state index in [0.717, 1.165) is 25.3 Å². The second-order valence-corrected chi connectivity index (χ2v) is 7.74. The fourth-order valence-electron chi connectivity index (χ4n) is 2.29. The van der Waals surface area contributed by atoms with Crippen LogP contribution in [0.3, 0.4) is 0 Å². The summed E-state index contributed by atoms with van der Waals surface area (Å²) in [6.07, 6.45) is 4.15. The Morgan fingerprint density at radius 1 is 1.41 bits per heavy atom. The molecule has 0 radical (unpaired) electrons. The van der Waals surface area contributed by atoms with Crippen LogP contribution in [0.1, 0.15) is 46.5 Å². The Hall–Kier alpha value is -0.220. The summed E-state index contributed by atoms with van der Waals surface area (Å²) >= 11 is 1.99. The van der Waals surface area contributed by atoms with Gasteiger partial charge < -0.3 is 5.73 Å². The number of amides is 1. The highest BCUT2D eigenvalue weighted by Crippen LogP contribution is 2.25. The van der Waals surface area contributed by atoms with Gasteiger partial charge in [0.05, 0.1) is 0 Å². The van der Waals surface area contributed by atoms with Crippen LogP contribution in [0.4, 0.5) is 0 Å². The number of thioether (sulfide) groups is 1. The van der Waals surface area contributed by atoms with E-state index in [2.05, 4.69) is 25.7 Å². The number of carbonyl (C=O) groups is 1. The molecule has 1 amide bonds. The molecule has 1 fully saturated rings.